The topological polar surface area (TPSA) is 44.9 Å². The summed E-state index contributed by atoms with van der Waals surface area (Å²) in [6.07, 6.45) is 0. The summed E-state index contributed by atoms with van der Waals surface area (Å²) in [5.41, 5.74) is 1.60. The third-order valence-electron chi connectivity index (χ3n) is 3.63. The third-order valence-corrected chi connectivity index (χ3v) is 3.88. The molecule has 3 rings (SSSR count). The Kier molecular flexibility index (Phi) is 5.04. The van der Waals surface area contributed by atoms with Crippen molar-refractivity contribution in [2.75, 3.05) is 26.2 Å². The van der Waals surface area contributed by atoms with Crippen LogP contribution >= 0.6 is 22.6 Å². The van der Waals surface area contributed by atoms with Crippen molar-refractivity contribution >= 4 is 26.8 Å². The van der Waals surface area contributed by atoms with Crippen LogP contribution in [0.5, 0.6) is 0 Å². The number of piperazine rings is 1. The first-order chi connectivity index (χ1) is 10.7. The number of aromatic nitrogens is 1. The van der Waals surface area contributed by atoms with Crippen molar-refractivity contribution in [2.24, 2.45) is 5.10 Å². The van der Waals surface area contributed by atoms with Crippen molar-refractivity contribution < 1.29 is 8.91 Å². The highest BCUT2D eigenvalue weighted by Gasteiger charge is 2.17. The Labute approximate surface area is 141 Å². The first kappa shape index (κ1) is 15.4. The molecule has 0 radical (unpaired) electrons. The van der Waals surface area contributed by atoms with E-state index < -0.39 is 0 Å². The minimum Gasteiger partial charge on any atom is -0.359 e. The fourth-order valence-electron chi connectivity index (χ4n) is 2.44. The van der Waals surface area contributed by atoms with Gasteiger partial charge in [-0.3, -0.25) is 9.91 Å². The molecule has 0 bridgehead atoms. The average Bonchev–Trinajstić information content (AvgIpc) is 2.99. The van der Waals surface area contributed by atoms with E-state index in [1.807, 2.05) is 6.07 Å². The molecule has 1 aromatic carbocycles. The molecule has 0 amide bonds. The summed E-state index contributed by atoms with van der Waals surface area (Å²) < 4.78 is 20.1. The minimum atomic E-state index is -0.250. The van der Waals surface area contributed by atoms with Gasteiger partial charge in [0.1, 0.15) is 11.5 Å². The van der Waals surface area contributed by atoms with E-state index in [0.717, 1.165) is 49.7 Å². The predicted octanol–water partition coefficient (Wildman–Crippen LogP) is 2.98. The molecule has 0 spiro atoms. The van der Waals surface area contributed by atoms with E-state index >= 15 is 0 Å². The fourth-order valence-corrected chi connectivity index (χ4v) is 2.79. The molecule has 22 heavy (non-hydrogen) atoms. The molecule has 1 aliphatic heterocycles. The van der Waals surface area contributed by atoms with Crippen molar-refractivity contribution in [3.63, 3.8) is 0 Å². The number of halogens is 2. The van der Waals surface area contributed by atoms with Crippen molar-refractivity contribution in [2.45, 2.75) is 6.54 Å². The maximum atomic E-state index is 12.9. The number of hydrogen-bond acceptors (Lipinski definition) is 5. The number of nitrogens with zero attached hydrogens (tertiary/aromatic N) is 4. The summed E-state index contributed by atoms with van der Waals surface area (Å²) in [7, 11) is 0. The molecule has 2 aromatic rings. The second kappa shape index (κ2) is 7.19. The SMILES string of the molecule is Fc1ccc(-c2cc(CN3CCN(/N=C/I)CC3)on2)cc1. The summed E-state index contributed by atoms with van der Waals surface area (Å²) in [5, 5.41) is 10.4. The second-order valence-corrected chi connectivity index (χ2v) is 5.69. The zero-order chi connectivity index (χ0) is 15.4. The van der Waals surface area contributed by atoms with E-state index in [1.165, 1.54) is 12.1 Å². The van der Waals surface area contributed by atoms with Crippen LogP contribution in [0.2, 0.25) is 0 Å². The van der Waals surface area contributed by atoms with Gasteiger partial charge in [-0.15, -0.1) is 0 Å². The van der Waals surface area contributed by atoms with E-state index in [9.17, 15) is 4.39 Å². The van der Waals surface area contributed by atoms with E-state index in [2.05, 4.69) is 42.8 Å². The van der Waals surface area contributed by atoms with Crippen LogP contribution in [0.4, 0.5) is 4.39 Å². The largest absolute Gasteiger partial charge is 0.359 e. The Morgan fingerprint density at radius 3 is 2.64 bits per heavy atom. The molecule has 0 unspecified atom stereocenters. The van der Waals surface area contributed by atoms with Gasteiger partial charge in [-0.25, -0.2) is 4.39 Å². The average molecular weight is 414 g/mol. The van der Waals surface area contributed by atoms with Gasteiger partial charge >= 0.3 is 0 Å². The van der Waals surface area contributed by atoms with Crippen LogP contribution in [0.1, 0.15) is 5.76 Å². The summed E-state index contributed by atoms with van der Waals surface area (Å²) in [5.74, 6) is 0.574. The van der Waals surface area contributed by atoms with Crippen molar-refractivity contribution in [3.8, 4) is 11.3 Å². The van der Waals surface area contributed by atoms with Crippen LogP contribution in [0.25, 0.3) is 11.3 Å². The highest BCUT2D eigenvalue weighted by molar-refractivity contribution is 14.1. The van der Waals surface area contributed by atoms with E-state index in [4.69, 9.17) is 4.52 Å². The number of rotatable bonds is 4. The summed E-state index contributed by atoms with van der Waals surface area (Å²) in [6.45, 7) is 4.45. The molecule has 1 fully saturated rings. The van der Waals surface area contributed by atoms with Gasteiger partial charge in [0.25, 0.3) is 0 Å². The quantitative estimate of drug-likeness (QED) is 0.570. The lowest BCUT2D eigenvalue weighted by atomic mass is 10.1. The normalized spacial score (nSPS) is 16.5. The zero-order valence-corrected chi connectivity index (χ0v) is 14.1. The van der Waals surface area contributed by atoms with Crippen LogP contribution in [-0.2, 0) is 6.54 Å². The fraction of sp³-hybridized carbons (Fsp3) is 0.333. The Balaban J connectivity index is 1.59. The van der Waals surface area contributed by atoms with Crippen LogP contribution in [-0.4, -0.2) is 45.5 Å². The maximum Gasteiger partial charge on any atom is 0.151 e. The first-order valence-electron chi connectivity index (χ1n) is 7.06. The van der Waals surface area contributed by atoms with Crippen molar-refractivity contribution in [3.05, 3.63) is 41.9 Å². The number of benzene rings is 1. The standard InChI is InChI=1S/C15H16FIN4O/c16-13-3-1-12(2-4-13)15-9-14(22-19-15)10-20-5-7-21(8-6-20)18-11-17/h1-4,9,11H,5-8,10H2/b18-11+. The summed E-state index contributed by atoms with van der Waals surface area (Å²) >= 11 is 2.13. The molecule has 0 N–H and O–H groups in total. The van der Waals surface area contributed by atoms with Gasteiger partial charge < -0.3 is 4.52 Å². The lowest BCUT2D eigenvalue weighted by Crippen LogP contribution is -2.43. The molecule has 0 saturated carbocycles. The molecule has 0 atom stereocenters. The highest BCUT2D eigenvalue weighted by atomic mass is 127. The van der Waals surface area contributed by atoms with Crippen molar-refractivity contribution in [1.82, 2.24) is 15.1 Å². The van der Waals surface area contributed by atoms with Gasteiger partial charge in [0.15, 0.2) is 5.76 Å². The van der Waals surface area contributed by atoms with Crippen LogP contribution < -0.4 is 0 Å². The van der Waals surface area contributed by atoms with Gasteiger partial charge in [0.05, 0.1) is 10.8 Å². The molecule has 1 aliphatic rings. The van der Waals surface area contributed by atoms with Gasteiger partial charge in [0.2, 0.25) is 0 Å². The third kappa shape index (κ3) is 3.83. The molecule has 1 aromatic heterocycles. The molecular weight excluding hydrogens is 398 g/mol. The predicted molar refractivity (Wildman–Crippen MR) is 91.3 cm³/mol. The summed E-state index contributed by atoms with van der Waals surface area (Å²) in [4.78, 5) is 2.31. The van der Waals surface area contributed by atoms with E-state index in [0.29, 0.717) is 0 Å². The lowest BCUT2D eigenvalue weighted by Gasteiger charge is -2.32. The monoisotopic (exact) mass is 414 g/mol. The van der Waals surface area contributed by atoms with E-state index in [1.54, 1.807) is 16.4 Å². The lowest BCUT2D eigenvalue weighted by molar-refractivity contribution is 0.122. The molecule has 1 saturated heterocycles. The first-order valence-corrected chi connectivity index (χ1v) is 8.30. The Morgan fingerprint density at radius 2 is 1.95 bits per heavy atom. The number of hydrogen-bond donors (Lipinski definition) is 0. The maximum absolute atomic E-state index is 12.9. The van der Waals surface area contributed by atoms with Crippen LogP contribution in [0.15, 0.2) is 40.0 Å². The Bertz CT molecular complexity index is 635. The van der Waals surface area contributed by atoms with Crippen molar-refractivity contribution in [1.29, 1.82) is 0 Å². The molecule has 0 aliphatic carbocycles. The van der Waals surface area contributed by atoms with E-state index in [-0.39, 0.29) is 5.82 Å². The van der Waals surface area contributed by atoms with Gasteiger partial charge in [-0.05, 0) is 46.9 Å². The Morgan fingerprint density at radius 1 is 1.23 bits per heavy atom. The van der Waals surface area contributed by atoms with Crippen LogP contribution in [0, 0.1) is 5.82 Å². The van der Waals surface area contributed by atoms with Gasteiger partial charge in [0, 0.05) is 37.8 Å². The van der Waals surface area contributed by atoms with Gasteiger partial charge in [-0.2, -0.15) is 5.10 Å². The highest BCUT2D eigenvalue weighted by Crippen LogP contribution is 2.20. The number of hydrazone groups is 1. The smallest absolute Gasteiger partial charge is 0.151 e. The molecular formula is C15H16FIN4O. The molecule has 116 valence electrons. The Hall–Kier alpha value is -1.48. The zero-order valence-electron chi connectivity index (χ0n) is 12.0. The van der Waals surface area contributed by atoms with Crippen LogP contribution in [0.3, 0.4) is 0 Å². The second-order valence-electron chi connectivity index (χ2n) is 5.13. The molecule has 5 nitrogen and oxygen atoms in total. The van der Waals surface area contributed by atoms with Gasteiger partial charge in [-0.1, -0.05) is 5.16 Å². The minimum absolute atomic E-state index is 0.250. The molecule has 7 heteroatoms. The summed E-state index contributed by atoms with van der Waals surface area (Å²) in [6, 6.07) is 8.19. The molecule has 2 heterocycles.